The van der Waals surface area contributed by atoms with Gasteiger partial charge < -0.3 is 14.2 Å². The molecular formula is C13H14O7. The zero-order valence-corrected chi connectivity index (χ0v) is 11.2. The van der Waals surface area contributed by atoms with E-state index in [1.807, 2.05) is 0 Å². The second kappa shape index (κ2) is 5.07. The molecule has 7 heteroatoms. The first-order chi connectivity index (χ1) is 9.38. The van der Waals surface area contributed by atoms with Crippen molar-refractivity contribution in [2.24, 2.45) is 17.8 Å². The molecule has 1 aliphatic heterocycles. The Labute approximate surface area is 114 Å². The predicted molar refractivity (Wildman–Crippen MR) is 62.9 cm³/mol. The van der Waals surface area contributed by atoms with Crippen molar-refractivity contribution >= 4 is 23.7 Å². The van der Waals surface area contributed by atoms with Gasteiger partial charge in [-0.3, -0.25) is 14.4 Å². The lowest BCUT2D eigenvalue weighted by molar-refractivity contribution is -0.157. The van der Waals surface area contributed by atoms with Crippen LogP contribution in [0.2, 0.25) is 0 Å². The SMILES string of the molecule is COC(=O)C1=COC(=O)[C@H]2[C@@H]1[C@H](OC(C)=O)C(=O)[C@H]2C. The molecule has 0 aromatic rings. The Morgan fingerprint density at radius 3 is 2.45 bits per heavy atom. The lowest BCUT2D eigenvalue weighted by Gasteiger charge is -2.27. The van der Waals surface area contributed by atoms with Crippen molar-refractivity contribution in [3.8, 4) is 0 Å². The zero-order valence-electron chi connectivity index (χ0n) is 11.2. The fourth-order valence-electron chi connectivity index (χ4n) is 2.71. The van der Waals surface area contributed by atoms with Crippen molar-refractivity contribution in [1.29, 1.82) is 0 Å². The molecule has 0 bridgehead atoms. The van der Waals surface area contributed by atoms with E-state index >= 15 is 0 Å². The second-order valence-corrected chi connectivity index (χ2v) is 4.77. The largest absolute Gasteiger partial charge is 0.466 e. The number of methoxy groups -OCH3 is 1. The minimum absolute atomic E-state index is 0.0287. The van der Waals surface area contributed by atoms with Gasteiger partial charge in [-0.05, 0) is 0 Å². The van der Waals surface area contributed by atoms with Gasteiger partial charge in [0.15, 0.2) is 11.9 Å². The van der Waals surface area contributed by atoms with Crippen molar-refractivity contribution < 1.29 is 33.4 Å². The van der Waals surface area contributed by atoms with Crippen LogP contribution in [-0.4, -0.2) is 36.9 Å². The first kappa shape index (κ1) is 14.2. The van der Waals surface area contributed by atoms with Gasteiger partial charge in [-0.2, -0.15) is 0 Å². The average molecular weight is 282 g/mol. The van der Waals surface area contributed by atoms with Crippen LogP contribution < -0.4 is 0 Å². The molecule has 1 fully saturated rings. The van der Waals surface area contributed by atoms with E-state index in [1.165, 1.54) is 7.11 Å². The van der Waals surface area contributed by atoms with E-state index in [0.29, 0.717) is 0 Å². The summed E-state index contributed by atoms with van der Waals surface area (Å²) in [6.45, 7) is 2.71. The van der Waals surface area contributed by atoms with Crippen molar-refractivity contribution in [2.75, 3.05) is 7.11 Å². The topological polar surface area (TPSA) is 96.0 Å². The third kappa shape index (κ3) is 2.09. The predicted octanol–water partition coefficient (Wildman–Crippen LogP) is -0.0170. The van der Waals surface area contributed by atoms with Crippen LogP contribution >= 0.6 is 0 Å². The quantitative estimate of drug-likeness (QED) is 0.519. The fraction of sp³-hybridized carbons (Fsp3) is 0.538. The van der Waals surface area contributed by atoms with Gasteiger partial charge in [0, 0.05) is 12.8 Å². The maximum absolute atomic E-state index is 12.1. The number of carbonyl (C=O) groups is 4. The molecule has 0 saturated heterocycles. The van der Waals surface area contributed by atoms with Crippen LogP contribution in [0.1, 0.15) is 13.8 Å². The Morgan fingerprint density at radius 1 is 1.25 bits per heavy atom. The summed E-state index contributed by atoms with van der Waals surface area (Å²) >= 11 is 0. The number of Topliss-reactive ketones (excluding diaryl/α,β-unsaturated/α-hetero) is 1. The van der Waals surface area contributed by atoms with E-state index in [4.69, 9.17) is 9.47 Å². The van der Waals surface area contributed by atoms with Gasteiger partial charge in [-0.15, -0.1) is 0 Å². The van der Waals surface area contributed by atoms with Crippen LogP contribution in [-0.2, 0) is 33.4 Å². The Bertz CT molecular complexity index is 519. The van der Waals surface area contributed by atoms with Gasteiger partial charge in [-0.1, -0.05) is 6.92 Å². The number of ketones is 1. The summed E-state index contributed by atoms with van der Waals surface area (Å²) in [5.41, 5.74) is 0.0287. The molecule has 1 heterocycles. The number of rotatable bonds is 2. The maximum atomic E-state index is 12.1. The third-order valence-electron chi connectivity index (χ3n) is 3.63. The minimum atomic E-state index is -1.16. The summed E-state index contributed by atoms with van der Waals surface area (Å²) in [6.07, 6.45) is -0.192. The van der Waals surface area contributed by atoms with E-state index in [0.717, 1.165) is 13.2 Å². The van der Waals surface area contributed by atoms with E-state index < -0.39 is 47.5 Å². The molecule has 2 rings (SSSR count). The van der Waals surface area contributed by atoms with E-state index in [9.17, 15) is 19.2 Å². The summed E-state index contributed by atoms with van der Waals surface area (Å²) in [6, 6.07) is 0. The molecule has 0 radical (unpaired) electrons. The first-order valence-electron chi connectivity index (χ1n) is 6.08. The molecular weight excluding hydrogens is 268 g/mol. The van der Waals surface area contributed by atoms with Gasteiger partial charge in [0.25, 0.3) is 0 Å². The van der Waals surface area contributed by atoms with Gasteiger partial charge in [0.2, 0.25) is 0 Å². The molecule has 0 spiro atoms. The number of hydrogen-bond acceptors (Lipinski definition) is 7. The normalized spacial score (nSPS) is 32.0. The highest BCUT2D eigenvalue weighted by Gasteiger charge is 2.58. The zero-order chi connectivity index (χ0) is 15.0. The van der Waals surface area contributed by atoms with Gasteiger partial charge in [0.05, 0.1) is 24.5 Å². The highest BCUT2D eigenvalue weighted by atomic mass is 16.6. The Balaban J connectivity index is 2.45. The van der Waals surface area contributed by atoms with Gasteiger partial charge >= 0.3 is 17.9 Å². The minimum Gasteiger partial charge on any atom is -0.466 e. The number of ether oxygens (including phenoxy) is 3. The third-order valence-corrected chi connectivity index (χ3v) is 3.63. The first-order valence-corrected chi connectivity index (χ1v) is 6.08. The smallest absolute Gasteiger partial charge is 0.337 e. The lowest BCUT2D eigenvalue weighted by atomic mass is 9.83. The Hall–Kier alpha value is -2.18. The Kier molecular flexibility index (Phi) is 3.61. The number of fused-ring (bicyclic) bond motifs is 1. The average Bonchev–Trinajstić information content (AvgIpc) is 2.64. The molecule has 1 saturated carbocycles. The van der Waals surface area contributed by atoms with E-state index in [2.05, 4.69) is 4.74 Å². The maximum Gasteiger partial charge on any atom is 0.337 e. The van der Waals surface area contributed by atoms with Crippen LogP contribution in [0.5, 0.6) is 0 Å². The van der Waals surface area contributed by atoms with Crippen molar-refractivity contribution in [3.63, 3.8) is 0 Å². The molecule has 0 aromatic carbocycles. The van der Waals surface area contributed by atoms with E-state index in [1.54, 1.807) is 6.92 Å². The van der Waals surface area contributed by atoms with Crippen LogP contribution in [0.4, 0.5) is 0 Å². The van der Waals surface area contributed by atoms with Crippen LogP contribution in [0, 0.1) is 17.8 Å². The standard InChI is InChI=1S/C13H14O7/c1-5-8-9(11(10(5)15)20-6(2)14)7(12(16)18-3)4-19-13(8)17/h4-5,8-9,11H,1-3H3/t5-,8+,9+,11-/m0/s1. The molecule has 0 N–H and O–H groups in total. The molecule has 1 aliphatic carbocycles. The number of cyclic esters (lactones) is 1. The molecule has 7 nitrogen and oxygen atoms in total. The van der Waals surface area contributed by atoms with Gasteiger partial charge in [0.1, 0.15) is 6.26 Å². The molecule has 0 amide bonds. The molecule has 4 atom stereocenters. The number of carbonyl (C=O) groups excluding carboxylic acids is 4. The molecule has 108 valence electrons. The molecule has 0 unspecified atom stereocenters. The summed E-state index contributed by atoms with van der Waals surface area (Å²) < 4.78 is 14.4. The number of hydrogen-bond donors (Lipinski definition) is 0. The van der Waals surface area contributed by atoms with Crippen molar-refractivity contribution in [2.45, 2.75) is 20.0 Å². The highest BCUT2D eigenvalue weighted by molar-refractivity contribution is 6.01. The number of esters is 3. The van der Waals surface area contributed by atoms with Crippen LogP contribution in [0.15, 0.2) is 11.8 Å². The van der Waals surface area contributed by atoms with Gasteiger partial charge in [-0.25, -0.2) is 4.79 Å². The second-order valence-electron chi connectivity index (χ2n) is 4.77. The summed E-state index contributed by atoms with van der Waals surface area (Å²) in [4.78, 5) is 46.8. The summed E-state index contributed by atoms with van der Waals surface area (Å²) in [7, 11) is 1.18. The highest BCUT2D eigenvalue weighted by Crippen LogP contribution is 2.44. The molecule has 20 heavy (non-hydrogen) atoms. The van der Waals surface area contributed by atoms with Crippen LogP contribution in [0.25, 0.3) is 0 Å². The summed E-state index contributed by atoms with van der Waals surface area (Å²) in [5.74, 6) is -4.76. The van der Waals surface area contributed by atoms with Crippen molar-refractivity contribution in [1.82, 2.24) is 0 Å². The van der Waals surface area contributed by atoms with E-state index in [-0.39, 0.29) is 5.57 Å². The Morgan fingerprint density at radius 2 is 1.90 bits per heavy atom. The van der Waals surface area contributed by atoms with Crippen LogP contribution in [0.3, 0.4) is 0 Å². The summed E-state index contributed by atoms with van der Waals surface area (Å²) in [5, 5.41) is 0. The molecule has 0 aromatic heterocycles. The lowest BCUT2D eigenvalue weighted by Crippen LogP contribution is -2.37. The van der Waals surface area contributed by atoms with Crippen molar-refractivity contribution in [3.05, 3.63) is 11.8 Å². The molecule has 2 aliphatic rings. The fourth-order valence-corrected chi connectivity index (χ4v) is 2.71. The monoisotopic (exact) mass is 282 g/mol.